The van der Waals surface area contributed by atoms with Gasteiger partial charge in [0, 0.05) is 17.1 Å². The van der Waals surface area contributed by atoms with Gasteiger partial charge in [-0.3, -0.25) is 10.0 Å². The van der Waals surface area contributed by atoms with Crippen LogP contribution in [0.3, 0.4) is 0 Å². The number of amides is 1. The van der Waals surface area contributed by atoms with Gasteiger partial charge in [0.05, 0.1) is 4.90 Å². The van der Waals surface area contributed by atoms with Gasteiger partial charge in [-0.1, -0.05) is 41.9 Å². The molecule has 2 N–H and O–H groups in total. The van der Waals surface area contributed by atoms with Crippen LogP contribution in [-0.2, 0) is 21.2 Å². The second-order valence-corrected chi connectivity index (χ2v) is 9.86. The van der Waals surface area contributed by atoms with Gasteiger partial charge in [-0.05, 0) is 65.9 Å². The maximum Gasteiger partial charge on any atom is 0.266 e. The van der Waals surface area contributed by atoms with Crippen LogP contribution in [0.25, 0.3) is 11.1 Å². The Balaban J connectivity index is 1.74. The zero-order valence-corrected chi connectivity index (χ0v) is 18.6. The van der Waals surface area contributed by atoms with Crippen LogP contribution in [0.15, 0.2) is 65.6 Å². The Bertz CT molecular complexity index is 1280. The third-order valence-corrected chi connectivity index (χ3v) is 7.81. The van der Waals surface area contributed by atoms with Crippen molar-refractivity contribution >= 4 is 27.5 Å². The van der Waals surface area contributed by atoms with Crippen molar-refractivity contribution in [1.82, 2.24) is 9.79 Å². The average Bonchev–Trinajstić information content (AvgIpc) is 2.80. The van der Waals surface area contributed by atoms with Crippen molar-refractivity contribution in [3.05, 3.63) is 88.2 Å². The summed E-state index contributed by atoms with van der Waals surface area (Å²) in [5, 5.41) is 9.85. The van der Waals surface area contributed by atoms with E-state index in [2.05, 4.69) is 0 Å². The van der Waals surface area contributed by atoms with Crippen molar-refractivity contribution in [3.8, 4) is 11.1 Å². The van der Waals surface area contributed by atoms with Gasteiger partial charge in [0.1, 0.15) is 11.9 Å². The molecular formula is C23H20ClFN2O4S. The van der Waals surface area contributed by atoms with E-state index in [1.54, 1.807) is 37.3 Å². The van der Waals surface area contributed by atoms with E-state index >= 15 is 0 Å². The highest BCUT2D eigenvalue weighted by Gasteiger charge is 2.42. The quantitative estimate of drug-likeness (QED) is 0.437. The Morgan fingerprint density at radius 1 is 1.06 bits per heavy atom. The molecule has 1 heterocycles. The molecule has 3 aromatic rings. The lowest BCUT2D eigenvalue weighted by Crippen LogP contribution is -2.47. The van der Waals surface area contributed by atoms with E-state index in [9.17, 15) is 22.8 Å². The van der Waals surface area contributed by atoms with E-state index in [1.165, 1.54) is 23.7 Å². The smallest absolute Gasteiger partial charge is 0.266 e. The lowest BCUT2D eigenvalue weighted by molar-refractivity contribution is -0.133. The van der Waals surface area contributed by atoms with Crippen LogP contribution in [0.1, 0.15) is 22.7 Å². The van der Waals surface area contributed by atoms with Crippen molar-refractivity contribution in [1.29, 1.82) is 0 Å². The predicted octanol–water partition coefficient (Wildman–Crippen LogP) is 4.25. The molecule has 1 amide bonds. The number of nitrogens with one attached hydrogen (secondary N) is 1. The average molecular weight is 475 g/mol. The molecule has 0 radical (unpaired) electrons. The lowest BCUT2D eigenvalue weighted by Gasteiger charge is -2.35. The number of carbonyl (C=O) groups is 1. The number of benzene rings is 3. The van der Waals surface area contributed by atoms with Crippen LogP contribution in [0.4, 0.5) is 4.39 Å². The number of hydrogen-bond donors (Lipinski definition) is 2. The molecule has 32 heavy (non-hydrogen) atoms. The van der Waals surface area contributed by atoms with E-state index in [1.807, 2.05) is 12.1 Å². The normalized spacial score (nSPS) is 16.4. The molecule has 1 aliphatic rings. The number of sulfonamides is 1. The highest BCUT2D eigenvalue weighted by Crippen LogP contribution is 2.37. The summed E-state index contributed by atoms with van der Waals surface area (Å²) in [6.07, 6.45) is 0.246. The molecule has 0 saturated heterocycles. The standard InChI is InChI=1S/C23H20ClFN2O4S/c1-14-2-11-20(25)21-19(14)12-13-27(22(21)23(28)26-29)32(30,31)18-9-5-16(6-10-18)15-3-7-17(24)8-4-15/h2-11,22,29H,12-13H2,1H3,(H,26,28). The minimum atomic E-state index is -4.17. The molecule has 6 nitrogen and oxygen atoms in total. The van der Waals surface area contributed by atoms with Crippen LogP contribution in [0.5, 0.6) is 0 Å². The van der Waals surface area contributed by atoms with Crippen molar-refractivity contribution < 1.29 is 22.8 Å². The molecule has 0 aromatic heterocycles. The summed E-state index contributed by atoms with van der Waals surface area (Å²) in [5.41, 5.74) is 4.42. The Labute approximate surface area is 190 Å². The maximum atomic E-state index is 14.7. The van der Waals surface area contributed by atoms with Gasteiger partial charge in [-0.15, -0.1) is 0 Å². The SMILES string of the molecule is Cc1ccc(F)c2c1CCN(S(=O)(=O)c1ccc(-c3ccc(Cl)cc3)cc1)C2C(=O)NO. The number of rotatable bonds is 4. The molecule has 0 fully saturated rings. The van der Waals surface area contributed by atoms with Crippen molar-refractivity contribution in [3.63, 3.8) is 0 Å². The van der Waals surface area contributed by atoms with E-state index in [4.69, 9.17) is 11.6 Å². The highest BCUT2D eigenvalue weighted by atomic mass is 35.5. The fourth-order valence-electron chi connectivity index (χ4n) is 4.05. The molecule has 0 saturated carbocycles. The number of hydrogen-bond acceptors (Lipinski definition) is 4. The highest BCUT2D eigenvalue weighted by molar-refractivity contribution is 7.89. The molecule has 0 bridgehead atoms. The van der Waals surface area contributed by atoms with Gasteiger partial charge in [0.25, 0.3) is 5.91 Å². The Morgan fingerprint density at radius 2 is 1.66 bits per heavy atom. The number of nitrogens with zero attached hydrogens (tertiary/aromatic N) is 1. The van der Waals surface area contributed by atoms with Crippen molar-refractivity contribution in [2.75, 3.05) is 6.54 Å². The van der Waals surface area contributed by atoms with E-state index in [0.29, 0.717) is 10.6 Å². The third-order valence-electron chi connectivity index (χ3n) is 5.68. The van der Waals surface area contributed by atoms with Crippen LogP contribution in [-0.4, -0.2) is 30.4 Å². The number of aryl methyl sites for hydroxylation is 1. The minimum Gasteiger partial charge on any atom is -0.289 e. The molecule has 4 rings (SSSR count). The fraction of sp³-hybridized carbons (Fsp3) is 0.174. The summed E-state index contributed by atoms with van der Waals surface area (Å²) < 4.78 is 42.6. The van der Waals surface area contributed by atoms with Crippen LogP contribution < -0.4 is 5.48 Å². The molecular weight excluding hydrogens is 455 g/mol. The van der Waals surface area contributed by atoms with Gasteiger partial charge in [0.2, 0.25) is 10.0 Å². The van der Waals surface area contributed by atoms with Gasteiger partial charge in [0.15, 0.2) is 0 Å². The molecule has 3 aromatic carbocycles. The first-order chi connectivity index (χ1) is 15.2. The van der Waals surface area contributed by atoms with Crippen molar-refractivity contribution in [2.24, 2.45) is 0 Å². The van der Waals surface area contributed by atoms with Crippen LogP contribution in [0.2, 0.25) is 5.02 Å². The molecule has 1 unspecified atom stereocenters. The lowest BCUT2D eigenvalue weighted by atomic mass is 9.90. The first-order valence-electron chi connectivity index (χ1n) is 9.83. The zero-order chi connectivity index (χ0) is 23.0. The summed E-state index contributed by atoms with van der Waals surface area (Å²) in [6, 6.07) is 14.6. The van der Waals surface area contributed by atoms with Gasteiger partial charge in [-0.25, -0.2) is 18.3 Å². The number of hydroxylamine groups is 1. The molecule has 0 aliphatic carbocycles. The Morgan fingerprint density at radius 3 is 2.25 bits per heavy atom. The number of halogens is 2. The minimum absolute atomic E-state index is 0.0311. The number of fused-ring (bicyclic) bond motifs is 1. The molecule has 9 heteroatoms. The topological polar surface area (TPSA) is 86.7 Å². The van der Waals surface area contributed by atoms with Gasteiger partial charge in [-0.2, -0.15) is 4.31 Å². The molecule has 166 valence electrons. The van der Waals surface area contributed by atoms with E-state index in [-0.39, 0.29) is 23.4 Å². The second kappa shape index (κ2) is 8.63. The first kappa shape index (κ1) is 22.4. The zero-order valence-electron chi connectivity index (χ0n) is 17.0. The van der Waals surface area contributed by atoms with Crippen LogP contribution in [0, 0.1) is 12.7 Å². The fourth-order valence-corrected chi connectivity index (χ4v) is 5.73. The first-order valence-corrected chi connectivity index (χ1v) is 11.7. The second-order valence-electron chi connectivity index (χ2n) is 7.53. The Kier molecular flexibility index (Phi) is 6.05. The maximum absolute atomic E-state index is 14.7. The number of carbonyl (C=O) groups excluding carboxylic acids is 1. The summed E-state index contributed by atoms with van der Waals surface area (Å²) in [5.74, 6) is -1.71. The van der Waals surface area contributed by atoms with Gasteiger partial charge >= 0.3 is 0 Å². The summed E-state index contributed by atoms with van der Waals surface area (Å²) >= 11 is 5.92. The Hall–Kier alpha value is -2.78. The predicted molar refractivity (Wildman–Crippen MR) is 118 cm³/mol. The molecule has 1 aliphatic heterocycles. The summed E-state index contributed by atoms with van der Waals surface area (Å²) in [4.78, 5) is 12.5. The van der Waals surface area contributed by atoms with E-state index in [0.717, 1.165) is 21.0 Å². The van der Waals surface area contributed by atoms with Gasteiger partial charge < -0.3 is 0 Å². The monoisotopic (exact) mass is 474 g/mol. The third kappa shape index (κ3) is 3.91. The van der Waals surface area contributed by atoms with Crippen LogP contribution >= 0.6 is 11.6 Å². The van der Waals surface area contributed by atoms with E-state index < -0.39 is 27.8 Å². The largest absolute Gasteiger partial charge is 0.289 e. The summed E-state index contributed by atoms with van der Waals surface area (Å²) in [7, 11) is -4.17. The van der Waals surface area contributed by atoms with Crippen molar-refractivity contribution in [2.45, 2.75) is 24.3 Å². The molecule has 1 atom stereocenters. The molecule has 0 spiro atoms. The summed E-state index contributed by atoms with van der Waals surface area (Å²) in [6.45, 7) is 1.74.